The van der Waals surface area contributed by atoms with Gasteiger partial charge >= 0.3 is 12.4 Å². The lowest BCUT2D eigenvalue weighted by molar-refractivity contribution is -0.668. The van der Waals surface area contributed by atoms with E-state index >= 15 is 0 Å². The van der Waals surface area contributed by atoms with Gasteiger partial charge in [0.1, 0.15) is 48.6 Å². The maximum absolute atomic E-state index is 12.9. The van der Waals surface area contributed by atoms with Gasteiger partial charge in [-0.1, -0.05) is 0 Å². The maximum Gasteiger partial charge on any atom is 0.430 e. The fourth-order valence-electron chi connectivity index (χ4n) is 8.80. The number of β-amino-alcohol motifs (C(OH)–C–C–N with tert-alkyl or cyclic N) is 2. The summed E-state index contributed by atoms with van der Waals surface area (Å²) in [5.41, 5.74) is 5.50. The number of nitrogens with one attached hydrogen (secondary N) is 2. The lowest BCUT2D eigenvalue weighted by Gasteiger charge is -2.35. The quantitative estimate of drug-likeness (QED) is 0.0295. The highest BCUT2D eigenvalue weighted by Gasteiger charge is 2.35. The second-order valence-corrected chi connectivity index (χ2v) is 19.0. The smallest absolute Gasteiger partial charge is 0.430 e. The van der Waals surface area contributed by atoms with Crippen molar-refractivity contribution in [1.29, 1.82) is 0 Å². The number of aliphatic hydroxyl groups excluding tert-OH is 10. The van der Waals surface area contributed by atoms with E-state index < -0.39 is 86.3 Å². The summed E-state index contributed by atoms with van der Waals surface area (Å²) in [5, 5.41) is 120. The number of aryl methyl sites for hydroxylation is 4. The highest BCUT2D eigenvalue weighted by Crippen LogP contribution is 2.20. The number of fused-ring (bicyclic) bond motifs is 2. The van der Waals surface area contributed by atoms with Crippen LogP contribution in [0.15, 0.2) is 49.1 Å². The van der Waals surface area contributed by atoms with Crippen LogP contribution in [-0.2, 0) is 35.8 Å². The number of halogens is 6. The second kappa shape index (κ2) is 31.5. The number of carbonyl (C=O) groups excluding carboxylic acids is 4. The van der Waals surface area contributed by atoms with E-state index in [-0.39, 0.29) is 37.0 Å². The van der Waals surface area contributed by atoms with Gasteiger partial charge in [0.05, 0.1) is 51.6 Å². The average Bonchev–Trinajstić information content (AvgIpc) is 4.01. The van der Waals surface area contributed by atoms with Gasteiger partial charge in [0.15, 0.2) is 22.1 Å². The van der Waals surface area contributed by atoms with Crippen LogP contribution in [0.25, 0.3) is 22.1 Å². The SMILES string of the molecule is CCn1c[n+](CC)c2ccc(C(=O)NC3CCN(C[C@H](O)[C@@H](O)[C@H](O)[C@H](O)CO)CC3)cc21.CCn1c[n+](CC)c2ccc(C(=O)NC3CCN(C[C@H](O)[C@@H](O)[C@H](O)[C@H](O)CO)CC3)cc21.O=C([O-])C(F)(F)F.O=C([O-])C(F)(F)F. The van der Waals surface area contributed by atoms with Crippen LogP contribution in [0.1, 0.15) is 74.1 Å². The molecule has 2 aromatic carbocycles. The van der Waals surface area contributed by atoms with Crippen LogP contribution in [0.5, 0.6) is 0 Å². The summed E-state index contributed by atoms with van der Waals surface area (Å²) in [5.74, 6) is -6.24. The molecule has 2 aliphatic rings. The third kappa shape index (κ3) is 19.8. The average molecular weight is 1160 g/mol. The molecule has 30 heteroatoms. The van der Waals surface area contributed by atoms with Gasteiger partial charge in [-0.3, -0.25) is 9.59 Å². The Morgan fingerprint density at radius 1 is 0.550 bits per heavy atom. The summed E-state index contributed by atoms with van der Waals surface area (Å²) in [6.45, 7) is 13.0. The highest BCUT2D eigenvalue weighted by atomic mass is 19.4. The molecule has 12 N–H and O–H groups in total. The van der Waals surface area contributed by atoms with E-state index in [9.17, 15) is 76.8 Å². The maximum atomic E-state index is 12.9. The molecule has 2 aromatic heterocycles. The minimum Gasteiger partial charge on any atom is -0.542 e. The summed E-state index contributed by atoms with van der Waals surface area (Å²) in [7, 11) is 0. The first-order chi connectivity index (χ1) is 37.5. The van der Waals surface area contributed by atoms with Crippen LogP contribution < -0.4 is 30.0 Å². The summed E-state index contributed by atoms with van der Waals surface area (Å²) in [6.07, 6.45) is -15.4. The summed E-state index contributed by atoms with van der Waals surface area (Å²) in [6, 6.07) is 11.5. The van der Waals surface area contributed by atoms with Crippen LogP contribution in [0.3, 0.4) is 0 Å². The number of piperidine rings is 2. The number of likely N-dealkylation sites (tertiary alicyclic amines) is 2. The molecular weight excluding hydrogens is 1080 g/mol. The fraction of sp³-hybridized carbons (Fsp3) is 0.640. The number of carboxylic acids is 2. The number of benzene rings is 2. The minimum atomic E-state index is -5.19. The number of aromatic nitrogens is 4. The van der Waals surface area contributed by atoms with Crippen LogP contribution in [0.2, 0.25) is 0 Å². The molecular formula is C50H74F6N8O16. The molecule has 452 valence electrons. The zero-order chi connectivity index (χ0) is 60.4. The first-order valence-corrected chi connectivity index (χ1v) is 25.8. The number of amides is 2. The molecule has 8 atom stereocenters. The number of rotatable bonds is 20. The molecule has 0 spiro atoms. The Bertz CT molecular complexity index is 2420. The minimum absolute atomic E-state index is 0.00635. The van der Waals surface area contributed by atoms with E-state index in [0.29, 0.717) is 63.0 Å². The normalized spacial score (nSPS) is 17.9. The Hall–Kier alpha value is -5.64. The number of hydrogen-bond acceptors (Lipinski definition) is 18. The Labute approximate surface area is 455 Å². The van der Waals surface area contributed by atoms with Crippen LogP contribution >= 0.6 is 0 Å². The molecule has 0 radical (unpaired) electrons. The van der Waals surface area contributed by atoms with Crippen molar-refractivity contribution in [2.45, 2.75) is 153 Å². The first-order valence-electron chi connectivity index (χ1n) is 25.8. The van der Waals surface area contributed by atoms with Gasteiger partial charge in [-0.2, -0.15) is 26.3 Å². The first kappa shape index (κ1) is 68.6. The highest BCUT2D eigenvalue weighted by molar-refractivity contribution is 5.98. The largest absolute Gasteiger partial charge is 0.542 e. The number of aliphatic carboxylic acids is 2. The number of aliphatic hydroxyl groups is 10. The Morgan fingerprint density at radius 2 is 0.838 bits per heavy atom. The number of nitrogens with zero attached hydrogens (tertiary/aromatic N) is 6. The topological polar surface area (TPSA) is 365 Å². The molecule has 0 saturated carbocycles. The zero-order valence-corrected chi connectivity index (χ0v) is 44.6. The molecule has 2 aliphatic heterocycles. The van der Waals surface area contributed by atoms with E-state index in [0.717, 1.165) is 48.2 Å². The molecule has 2 saturated heterocycles. The van der Waals surface area contributed by atoms with Gasteiger partial charge in [-0.15, -0.1) is 0 Å². The summed E-state index contributed by atoms with van der Waals surface area (Å²) in [4.78, 5) is 47.2. The number of hydrogen-bond donors (Lipinski definition) is 12. The van der Waals surface area contributed by atoms with Crippen molar-refractivity contribution in [2.75, 3.05) is 52.5 Å². The van der Waals surface area contributed by atoms with Crippen molar-refractivity contribution in [3.63, 3.8) is 0 Å². The van der Waals surface area contributed by atoms with E-state index in [1.807, 2.05) is 46.2 Å². The summed E-state index contributed by atoms with van der Waals surface area (Å²) >= 11 is 0. The predicted octanol–water partition coefficient (Wildman–Crippen LogP) is -4.21. The van der Waals surface area contributed by atoms with Crippen molar-refractivity contribution in [1.82, 2.24) is 29.6 Å². The monoisotopic (exact) mass is 1160 g/mol. The van der Waals surface area contributed by atoms with Gasteiger partial charge in [-0.25, -0.2) is 18.3 Å². The molecule has 4 heterocycles. The molecule has 6 rings (SSSR count). The lowest BCUT2D eigenvalue weighted by Crippen LogP contribution is -2.52. The molecule has 0 aliphatic carbocycles. The van der Waals surface area contributed by atoms with Crippen molar-refractivity contribution >= 4 is 45.8 Å². The molecule has 24 nitrogen and oxygen atoms in total. The molecule has 0 unspecified atom stereocenters. The van der Waals surface area contributed by atoms with Gasteiger partial charge in [0, 0.05) is 74.6 Å². The van der Waals surface area contributed by atoms with Crippen LogP contribution in [0, 0.1) is 0 Å². The standard InChI is InChI=1S/2C23H36N4O6.2C2HF3O2/c2*1-3-26-14-27(4-2)18-11-15(5-6-17(18)26)23(33)24-16-7-9-25(10-8-16)12-19(29)21(31)22(32)20(30)13-28;2*3-2(4,5)1(6)7/h2*5-6,11,14,16,19-22,28-32H,3-4,7-10,12-13H2,1-2H3;2*(H,6,7)/t2*19-,20+,21+,22+;;/m00../s1. The van der Waals surface area contributed by atoms with Crippen molar-refractivity contribution in [3.05, 3.63) is 60.2 Å². The van der Waals surface area contributed by atoms with Crippen LogP contribution in [0.4, 0.5) is 26.3 Å². The fourth-order valence-corrected chi connectivity index (χ4v) is 8.80. The van der Waals surface area contributed by atoms with Crippen molar-refractivity contribution in [2.24, 2.45) is 0 Å². The van der Waals surface area contributed by atoms with E-state index in [4.69, 9.17) is 30.0 Å². The Kier molecular flexibility index (Phi) is 27.1. The van der Waals surface area contributed by atoms with Gasteiger partial charge in [0.2, 0.25) is 12.7 Å². The molecule has 0 bridgehead atoms. The van der Waals surface area contributed by atoms with Gasteiger partial charge in [-0.05, 0) is 77.6 Å². The second-order valence-electron chi connectivity index (χ2n) is 19.0. The van der Waals surface area contributed by atoms with E-state index in [1.54, 1.807) is 0 Å². The molecule has 2 fully saturated rings. The number of imidazole rings is 2. The summed E-state index contributed by atoms with van der Waals surface area (Å²) < 4.78 is 71.7. The molecule has 2 amide bonds. The van der Waals surface area contributed by atoms with Crippen molar-refractivity contribution < 1.29 is 116 Å². The van der Waals surface area contributed by atoms with E-state index in [2.05, 4.69) is 69.3 Å². The van der Waals surface area contributed by atoms with Crippen molar-refractivity contribution in [3.8, 4) is 0 Å². The third-order valence-corrected chi connectivity index (χ3v) is 13.5. The predicted molar refractivity (Wildman–Crippen MR) is 265 cm³/mol. The van der Waals surface area contributed by atoms with E-state index in [1.165, 1.54) is 0 Å². The molecule has 80 heavy (non-hydrogen) atoms. The number of carbonyl (C=O) groups is 4. The zero-order valence-electron chi connectivity index (χ0n) is 44.6. The Balaban J connectivity index is 0.000000339. The van der Waals surface area contributed by atoms with Gasteiger partial charge < -0.3 is 91.3 Å². The lowest BCUT2D eigenvalue weighted by atomic mass is 10.0. The Morgan fingerprint density at radius 3 is 1.09 bits per heavy atom. The number of alkyl halides is 6. The molecule has 4 aromatic rings. The van der Waals surface area contributed by atoms with Gasteiger partial charge in [0.25, 0.3) is 11.8 Å². The third-order valence-electron chi connectivity index (χ3n) is 13.5. The number of carboxylic acid groups (broad SMARTS) is 2. The van der Waals surface area contributed by atoms with Crippen LogP contribution in [-0.4, -0.2) is 220 Å².